The minimum atomic E-state index is -1.00. The summed E-state index contributed by atoms with van der Waals surface area (Å²) in [5.41, 5.74) is 0.621. The number of carbonyl (C=O) groups is 2. The van der Waals surface area contributed by atoms with E-state index in [1.807, 2.05) is 6.07 Å². The Bertz CT molecular complexity index is 514. The topological polar surface area (TPSA) is 70.1 Å². The van der Waals surface area contributed by atoms with Crippen LogP contribution in [0.2, 0.25) is 0 Å². The number of nitrogens with zero attached hydrogens (tertiary/aromatic N) is 2. The summed E-state index contributed by atoms with van der Waals surface area (Å²) in [6, 6.07) is 6.87. The molecule has 6 heteroatoms. The van der Waals surface area contributed by atoms with E-state index < -0.39 is 5.97 Å². The highest BCUT2D eigenvalue weighted by atomic mass is 16.5. The molecular formula is C14H18N2O4. The van der Waals surface area contributed by atoms with Gasteiger partial charge in [0.25, 0.3) is 0 Å². The van der Waals surface area contributed by atoms with Crippen molar-refractivity contribution in [3.05, 3.63) is 24.3 Å². The number of methoxy groups -OCH3 is 1. The highest BCUT2D eigenvalue weighted by molar-refractivity contribution is 5.95. The van der Waals surface area contributed by atoms with E-state index in [-0.39, 0.29) is 18.6 Å². The van der Waals surface area contributed by atoms with Crippen molar-refractivity contribution in [3.8, 4) is 5.75 Å². The van der Waals surface area contributed by atoms with Crippen LogP contribution in [-0.4, -0.2) is 48.8 Å². The molecule has 1 aromatic rings. The van der Waals surface area contributed by atoms with Crippen molar-refractivity contribution in [2.75, 3.05) is 25.6 Å². The first-order valence-electron chi connectivity index (χ1n) is 6.43. The SMILES string of the molecule is COc1ccccc1N(C)C(=O)N(CC(=O)O)C1CC1. The minimum absolute atomic E-state index is 0.0377. The summed E-state index contributed by atoms with van der Waals surface area (Å²) in [7, 11) is 3.16. The molecule has 2 rings (SSSR count). The third-order valence-electron chi connectivity index (χ3n) is 3.27. The lowest BCUT2D eigenvalue weighted by Crippen LogP contribution is -2.45. The summed E-state index contributed by atoms with van der Waals surface area (Å²) >= 11 is 0. The smallest absolute Gasteiger partial charge is 0.325 e. The van der Waals surface area contributed by atoms with Crippen LogP contribution in [0.1, 0.15) is 12.8 Å². The summed E-state index contributed by atoms with van der Waals surface area (Å²) < 4.78 is 5.22. The van der Waals surface area contributed by atoms with Gasteiger partial charge in [0.05, 0.1) is 12.8 Å². The molecule has 1 aliphatic rings. The molecule has 1 fully saturated rings. The lowest BCUT2D eigenvalue weighted by Gasteiger charge is -2.27. The van der Waals surface area contributed by atoms with Crippen LogP contribution >= 0.6 is 0 Å². The zero-order chi connectivity index (χ0) is 14.7. The van der Waals surface area contributed by atoms with Gasteiger partial charge in [0.2, 0.25) is 0 Å². The number of hydrogen-bond donors (Lipinski definition) is 1. The molecule has 0 aromatic heterocycles. The Morgan fingerprint density at radius 3 is 2.55 bits per heavy atom. The second-order valence-electron chi connectivity index (χ2n) is 4.77. The Hall–Kier alpha value is -2.24. The molecule has 1 saturated carbocycles. The van der Waals surface area contributed by atoms with Crippen LogP contribution in [-0.2, 0) is 4.79 Å². The monoisotopic (exact) mass is 278 g/mol. The van der Waals surface area contributed by atoms with Gasteiger partial charge in [-0.3, -0.25) is 9.69 Å². The van der Waals surface area contributed by atoms with E-state index in [1.165, 1.54) is 16.9 Å². The maximum atomic E-state index is 12.5. The van der Waals surface area contributed by atoms with Crippen molar-refractivity contribution >= 4 is 17.7 Å². The Kier molecular flexibility index (Phi) is 4.12. The van der Waals surface area contributed by atoms with E-state index in [0.717, 1.165) is 12.8 Å². The average molecular weight is 278 g/mol. The number of rotatable bonds is 5. The van der Waals surface area contributed by atoms with Crippen molar-refractivity contribution in [1.82, 2.24) is 4.90 Å². The normalized spacial score (nSPS) is 13.7. The quantitative estimate of drug-likeness (QED) is 0.891. The number of hydrogen-bond acceptors (Lipinski definition) is 3. The molecule has 0 bridgehead atoms. The fourth-order valence-corrected chi connectivity index (χ4v) is 2.09. The van der Waals surface area contributed by atoms with Gasteiger partial charge in [0.1, 0.15) is 12.3 Å². The molecule has 6 nitrogen and oxygen atoms in total. The molecule has 0 spiro atoms. The van der Waals surface area contributed by atoms with Crippen LogP contribution in [0.25, 0.3) is 0 Å². The summed E-state index contributed by atoms with van der Waals surface area (Å²) in [4.78, 5) is 26.2. The largest absolute Gasteiger partial charge is 0.495 e. The lowest BCUT2D eigenvalue weighted by atomic mass is 10.2. The van der Waals surface area contributed by atoms with Gasteiger partial charge in [0, 0.05) is 13.1 Å². The van der Waals surface area contributed by atoms with Gasteiger partial charge < -0.3 is 14.7 Å². The van der Waals surface area contributed by atoms with Gasteiger partial charge in [-0.15, -0.1) is 0 Å². The Morgan fingerprint density at radius 1 is 1.35 bits per heavy atom. The molecule has 108 valence electrons. The van der Waals surface area contributed by atoms with Gasteiger partial charge in [-0.2, -0.15) is 0 Å². The van der Waals surface area contributed by atoms with Crippen molar-refractivity contribution in [3.63, 3.8) is 0 Å². The van der Waals surface area contributed by atoms with Gasteiger partial charge in [-0.1, -0.05) is 12.1 Å². The van der Waals surface area contributed by atoms with E-state index in [9.17, 15) is 9.59 Å². The van der Waals surface area contributed by atoms with Crippen LogP contribution in [0.3, 0.4) is 0 Å². The second kappa shape index (κ2) is 5.81. The molecule has 20 heavy (non-hydrogen) atoms. The summed E-state index contributed by atoms with van der Waals surface area (Å²) in [6.07, 6.45) is 1.72. The van der Waals surface area contributed by atoms with Crippen molar-refractivity contribution in [2.24, 2.45) is 0 Å². The zero-order valence-corrected chi connectivity index (χ0v) is 11.6. The summed E-state index contributed by atoms with van der Waals surface area (Å²) in [5.74, 6) is -0.423. The van der Waals surface area contributed by atoms with Crippen LogP contribution in [0.4, 0.5) is 10.5 Å². The highest BCUT2D eigenvalue weighted by Crippen LogP contribution is 2.31. The molecule has 0 saturated heterocycles. The van der Waals surface area contributed by atoms with Gasteiger partial charge in [0.15, 0.2) is 0 Å². The predicted octanol–water partition coefficient (Wildman–Crippen LogP) is 1.80. The van der Waals surface area contributed by atoms with E-state index in [1.54, 1.807) is 25.2 Å². The van der Waals surface area contributed by atoms with Crippen LogP contribution in [0.15, 0.2) is 24.3 Å². The number of benzene rings is 1. The average Bonchev–Trinajstić information content (AvgIpc) is 3.27. The number of ether oxygens (including phenoxy) is 1. The Morgan fingerprint density at radius 2 is 2.00 bits per heavy atom. The number of amides is 2. The summed E-state index contributed by atoms with van der Waals surface area (Å²) in [6.45, 7) is -0.275. The number of carboxylic acids is 1. The van der Waals surface area contributed by atoms with Crippen molar-refractivity contribution in [2.45, 2.75) is 18.9 Å². The fourth-order valence-electron chi connectivity index (χ4n) is 2.09. The maximum absolute atomic E-state index is 12.5. The third-order valence-corrected chi connectivity index (χ3v) is 3.27. The van der Waals surface area contributed by atoms with Gasteiger partial charge in [-0.05, 0) is 25.0 Å². The molecule has 0 aliphatic heterocycles. The Labute approximate surface area is 117 Å². The van der Waals surface area contributed by atoms with Crippen LogP contribution in [0, 0.1) is 0 Å². The predicted molar refractivity (Wildman–Crippen MR) is 74.2 cm³/mol. The molecule has 0 atom stereocenters. The molecule has 0 heterocycles. The first-order chi connectivity index (χ1) is 9.54. The van der Waals surface area contributed by atoms with E-state index >= 15 is 0 Å². The first kappa shape index (κ1) is 14.2. The standard InChI is InChI=1S/C14H18N2O4/c1-15(11-5-3-4-6-12(11)20-2)14(19)16(9-13(17)18)10-7-8-10/h3-6,10H,7-9H2,1-2H3,(H,17,18). The van der Waals surface area contributed by atoms with Crippen LogP contribution in [0.5, 0.6) is 5.75 Å². The van der Waals surface area contributed by atoms with E-state index in [4.69, 9.17) is 9.84 Å². The zero-order valence-electron chi connectivity index (χ0n) is 11.6. The lowest BCUT2D eigenvalue weighted by molar-refractivity contribution is -0.137. The molecule has 1 N–H and O–H groups in total. The molecule has 1 aromatic carbocycles. The third kappa shape index (κ3) is 3.01. The molecule has 2 amide bonds. The van der Waals surface area contributed by atoms with Gasteiger partial charge >= 0.3 is 12.0 Å². The number of para-hydroxylation sites is 2. The minimum Gasteiger partial charge on any atom is -0.495 e. The van der Waals surface area contributed by atoms with Crippen molar-refractivity contribution in [1.29, 1.82) is 0 Å². The van der Waals surface area contributed by atoms with Crippen LogP contribution < -0.4 is 9.64 Å². The number of carbonyl (C=O) groups excluding carboxylic acids is 1. The van der Waals surface area contributed by atoms with E-state index in [0.29, 0.717) is 11.4 Å². The van der Waals surface area contributed by atoms with E-state index in [2.05, 4.69) is 0 Å². The number of carboxylic acid groups (broad SMARTS) is 1. The summed E-state index contributed by atoms with van der Waals surface area (Å²) in [5, 5.41) is 8.93. The highest BCUT2D eigenvalue weighted by Gasteiger charge is 2.36. The molecule has 0 radical (unpaired) electrons. The first-order valence-corrected chi connectivity index (χ1v) is 6.43. The van der Waals surface area contributed by atoms with Gasteiger partial charge in [-0.25, -0.2) is 4.79 Å². The fraction of sp³-hybridized carbons (Fsp3) is 0.429. The van der Waals surface area contributed by atoms with Crippen molar-refractivity contribution < 1.29 is 19.4 Å². The number of urea groups is 1. The second-order valence-corrected chi connectivity index (χ2v) is 4.77. The molecule has 0 unspecified atom stereocenters. The maximum Gasteiger partial charge on any atom is 0.325 e. The number of aliphatic carboxylic acids is 1. The Balaban J connectivity index is 2.19. The molecular weight excluding hydrogens is 260 g/mol. The number of anilines is 1. The molecule has 1 aliphatic carbocycles.